The molecule has 0 spiro atoms. The summed E-state index contributed by atoms with van der Waals surface area (Å²) in [7, 11) is 1.50. The highest BCUT2D eigenvalue weighted by Crippen LogP contribution is 2.21. The Morgan fingerprint density at radius 3 is 2.15 bits per heavy atom. The molecule has 2 amide bonds. The number of amides is 2. The van der Waals surface area contributed by atoms with E-state index in [1.807, 2.05) is 13.8 Å². The molecule has 0 aliphatic heterocycles. The number of carbonyl (C=O) groups excluding carboxylic acids is 1. The number of carbonyl (C=O) groups is 2. The van der Waals surface area contributed by atoms with Crippen molar-refractivity contribution in [1.82, 2.24) is 5.32 Å². The standard InChI is InChI=1S/C10H12ClNO2.C8H8ClNO2/c1-7(2)12(10(13)14)9-5-3-4-8(11)6-9;1-10-8(11)12-7-4-2-6(9)3-5-7/h3-7H,1-2H3,(H,13,14);2-5H,1H3,(H,10,11). The molecule has 2 aromatic rings. The van der Waals surface area contributed by atoms with Crippen molar-refractivity contribution in [1.29, 1.82) is 0 Å². The Kier molecular flexibility index (Phi) is 8.75. The molecule has 0 aromatic heterocycles. The highest BCUT2D eigenvalue weighted by Gasteiger charge is 2.17. The summed E-state index contributed by atoms with van der Waals surface area (Å²) in [5.41, 5.74) is 0.597. The molecule has 0 radical (unpaired) electrons. The van der Waals surface area contributed by atoms with Crippen molar-refractivity contribution in [3.05, 3.63) is 58.6 Å². The quantitative estimate of drug-likeness (QED) is 0.735. The molecule has 0 saturated heterocycles. The second-order valence-electron chi connectivity index (χ2n) is 5.32. The second-order valence-corrected chi connectivity index (χ2v) is 6.19. The summed E-state index contributed by atoms with van der Waals surface area (Å²) in [6, 6.07) is 13.2. The summed E-state index contributed by atoms with van der Waals surface area (Å²) in [5.74, 6) is 0.471. The van der Waals surface area contributed by atoms with Crippen LogP contribution >= 0.6 is 23.2 Å². The van der Waals surface area contributed by atoms with Crippen LogP contribution in [0.2, 0.25) is 10.0 Å². The van der Waals surface area contributed by atoms with Crippen molar-refractivity contribution in [3.63, 3.8) is 0 Å². The first kappa shape index (κ1) is 21.6. The lowest BCUT2D eigenvalue weighted by Gasteiger charge is -2.23. The summed E-state index contributed by atoms with van der Waals surface area (Å²) in [6.07, 6.45) is -1.46. The van der Waals surface area contributed by atoms with E-state index in [0.29, 0.717) is 21.5 Å². The van der Waals surface area contributed by atoms with Gasteiger partial charge in [-0.2, -0.15) is 0 Å². The number of nitrogens with one attached hydrogen (secondary N) is 1. The molecular weight excluding hydrogens is 379 g/mol. The zero-order valence-corrected chi connectivity index (χ0v) is 16.1. The molecule has 6 nitrogen and oxygen atoms in total. The normalized spacial score (nSPS) is 9.77. The van der Waals surface area contributed by atoms with Crippen LogP contribution in [-0.4, -0.2) is 30.4 Å². The summed E-state index contributed by atoms with van der Waals surface area (Å²) < 4.78 is 4.81. The predicted octanol–water partition coefficient (Wildman–Crippen LogP) is 5.29. The third-order valence-corrected chi connectivity index (χ3v) is 3.52. The SMILES string of the molecule is CC(C)N(C(=O)O)c1cccc(Cl)c1.CNC(=O)Oc1ccc(Cl)cc1. The van der Waals surface area contributed by atoms with Crippen LogP contribution in [0.5, 0.6) is 5.75 Å². The van der Waals surface area contributed by atoms with Crippen LogP contribution in [-0.2, 0) is 0 Å². The smallest absolute Gasteiger partial charge is 0.412 e. The van der Waals surface area contributed by atoms with Gasteiger partial charge in [0, 0.05) is 28.8 Å². The predicted molar refractivity (Wildman–Crippen MR) is 104 cm³/mol. The van der Waals surface area contributed by atoms with E-state index in [0.717, 1.165) is 0 Å². The number of rotatable bonds is 3. The minimum Gasteiger partial charge on any atom is -0.465 e. The van der Waals surface area contributed by atoms with Gasteiger partial charge in [0.15, 0.2) is 0 Å². The van der Waals surface area contributed by atoms with Gasteiger partial charge in [-0.25, -0.2) is 9.59 Å². The van der Waals surface area contributed by atoms with Gasteiger partial charge < -0.3 is 15.2 Å². The van der Waals surface area contributed by atoms with Crippen LogP contribution in [0.25, 0.3) is 0 Å². The highest BCUT2D eigenvalue weighted by molar-refractivity contribution is 6.31. The Balaban J connectivity index is 0.000000263. The molecule has 0 atom stereocenters. The number of carboxylic acid groups (broad SMARTS) is 1. The third-order valence-electron chi connectivity index (χ3n) is 3.04. The van der Waals surface area contributed by atoms with Gasteiger partial charge in [-0.15, -0.1) is 0 Å². The van der Waals surface area contributed by atoms with Crippen LogP contribution in [0.15, 0.2) is 48.5 Å². The molecule has 2 aromatic carbocycles. The zero-order valence-electron chi connectivity index (χ0n) is 14.6. The lowest BCUT2D eigenvalue weighted by atomic mass is 10.2. The van der Waals surface area contributed by atoms with Gasteiger partial charge in [-0.05, 0) is 56.3 Å². The van der Waals surface area contributed by atoms with Gasteiger partial charge in [-0.1, -0.05) is 29.3 Å². The lowest BCUT2D eigenvalue weighted by molar-refractivity contribution is 0.199. The molecule has 0 bridgehead atoms. The fourth-order valence-electron chi connectivity index (χ4n) is 1.92. The minimum absolute atomic E-state index is 0.106. The van der Waals surface area contributed by atoms with E-state index in [1.54, 1.807) is 48.5 Å². The highest BCUT2D eigenvalue weighted by atomic mass is 35.5. The van der Waals surface area contributed by atoms with Gasteiger partial charge in [0.25, 0.3) is 0 Å². The summed E-state index contributed by atoms with van der Waals surface area (Å²) in [5, 5.41) is 12.5. The molecule has 0 unspecified atom stereocenters. The third kappa shape index (κ3) is 7.21. The summed E-state index contributed by atoms with van der Waals surface area (Å²) in [4.78, 5) is 22.9. The summed E-state index contributed by atoms with van der Waals surface area (Å²) in [6.45, 7) is 3.63. The topological polar surface area (TPSA) is 78.9 Å². The Morgan fingerprint density at radius 1 is 1.08 bits per heavy atom. The monoisotopic (exact) mass is 398 g/mol. The Bertz CT molecular complexity index is 736. The molecule has 26 heavy (non-hydrogen) atoms. The average molecular weight is 399 g/mol. The van der Waals surface area contributed by atoms with Crippen LogP contribution in [0, 0.1) is 0 Å². The van der Waals surface area contributed by atoms with Gasteiger partial charge >= 0.3 is 12.2 Å². The first-order chi connectivity index (χ1) is 12.2. The van der Waals surface area contributed by atoms with Crippen molar-refractivity contribution < 1.29 is 19.4 Å². The number of anilines is 1. The lowest BCUT2D eigenvalue weighted by Crippen LogP contribution is -2.35. The molecule has 2 rings (SSSR count). The van der Waals surface area contributed by atoms with Crippen LogP contribution in [0.1, 0.15) is 13.8 Å². The molecule has 0 fully saturated rings. The number of hydrogen-bond acceptors (Lipinski definition) is 3. The van der Waals surface area contributed by atoms with Crippen LogP contribution in [0.4, 0.5) is 15.3 Å². The Morgan fingerprint density at radius 2 is 1.69 bits per heavy atom. The maximum atomic E-state index is 10.9. The van der Waals surface area contributed by atoms with Crippen LogP contribution < -0.4 is 15.0 Å². The Labute approximate surface area is 162 Å². The Hall–Kier alpha value is -2.44. The minimum atomic E-state index is -0.970. The number of halogens is 2. The van der Waals surface area contributed by atoms with Gasteiger partial charge in [0.2, 0.25) is 0 Å². The van der Waals surface area contributed by atoms with Gasteiger partial charge in [0.1, 0.15) is 5.75 Å². The number of nitrogens with zero attached hydrogens (tertiary/aromatic N) is 1. The fourth-order valence-corrected chi connectivity index (χ4v) is 2.23. The number of ether oxygens (including phenoxy) is 1. The molecule has 8 heteroatoms. The van der Waals surface area contributed by atoms with Crippen molar-refractivity contribution in [3.8, 4) is 5.75 Å². The van der Waals surface area contributed by atoms with E-state index in [2.05, 4.69) is 5.32 Å². The fraction of sp³-hybridized carbons (Fsp3) is 0.222. The largest absolute Gasteiger partial charge is 0.465 e. The first-order valence-electron chi connectivity index (χ1n) is 7.67. The molecule has 0 aliphatic carbocycles. The number of hydrogen-bond donors (Lipinski definition) is 2. The molecule has 2 N–H and O–H groups in total. The molecular formula is C18H20Cl2N2O4. The maximum Gasteiger partial charge on any atom is 0.412 e. The van der Waals surface area contributed by atoms with Crippen molar-refractivity contribution in [2.24, 2.45) is 0 Å². The maximum absolute atomic E-state index is 10.9. The zero-order chi connectivity index (χ0) is 19.7. The van der Waals surface area contributed by atoms with Gasteiger partial charge in [-0.3, -0.25) is 4.90 Å². The van der Waals surface area contributed by atoms with Gasteiger partial charge in [0.05, 0.1) is 0 Å². The molecule has 140 valence electrons. The van der Waals surface area contributed by atoms with Crippen molar-refractivity contribution >= 4 is 41.1 Å². The average Bonchev–Trinajstić information content (AvgIpc) is 2.57. The van der Waals surface area contributed by atoms with Crippen molar-refractivity contribution in [2.75, 3.05) is 11.9 Å². The van der Waals surface area contributed by atoms with E-state index in [9.17, 15) is 9.59 Å². The summed E-state index contributed by atoms with van der Waals surface area (Å²) >= 11 is 11.4. The molecule has 0 aliphatic rings. The van der Waals surface area contributed by atoms with E-state index in [-0.39, 0.29) is 6.04 Å². The molecule has 0 heterocycles. The van der Waals surface area contributed by atoms with E-state index < -0.39 is 12.2 Å². The molecule has 0 saturated carbocycles. The van der Waals surface area contributed by atoms with Crippen LogP contribution in [0.3, 0.4) is 0 Å². The van der Waals surface area contributed by atoms with E-state index in [4.69, 9.17) is 33.0 Å². The second kappa shape index (κ2) is 10.5. The first-order valence-corrected chi connectivity index (χ1v) is 8.43. The van der Waals surface area contributed by atoms with E-state index in [1.165, 1.54) is 11.9 Å². The number of benzene rings is 2. The van der Waals surface area contributed by atoms with E-state index >= 15 is 0 Å². The van der Waals surface area contributed by atoms with Crippen molar-refractivity contribution in [2.45, 2.75) is 19.9 Å².